The molecule has 0 amide bonds. The van der Waals surface area contributed by atoms with Crippen molar-refractivity contribution in [2.24, 2.45) is 0 Å². The van der Waals surface area contributed by atoms with Crippen molar-refractivity contribution >= 4 is 60.3 Å². The molecule has 0 saturated heterocycles. The molecule has 1 aromatic carbocycles. The second-order valence-electron chi connectivity index (χ2n) is 13.4. The van der Waals surface area contributed by atoms with E-state index in [0.29, 0.717) is 0 Å². The lowest BCUT2D eigenvalue weighted by Crippen LogP contribution is -2.70. The van der Waals surface area contributed by atoms with Crippen LogP contribution in [-0.4, -0.2) is 54.6 Å². The third-order valence-corrected chi connectivity index (χ3v) is 91.0. The molecule has 184 valence electrons. The molecule has 0 bridgehead atoms. The Morgan fingerprint density at radius 2 is 0.969 bits per heavy atom. The maximum Gasteiger partial charge on any atom is 0.226 e. The van der Waals surface area contributed by atoms with E-state index >= 15 is 0 Å². The Balaban J connectivity index is 3.66. The van der Waals surface area contributed by atoms with Crippen LogP contribution in [0.4, 0.5) is 0 Å². The zero-order chi connectivity index (χ0) is 25.4. The van der Waals surface area contributed by atoms with Crippen molar-refractivity contribution in [3.05, 3.63) is 41.3 Å². The lowest BCUT2D eigenvalue weighted by atomic mass is 10.2. The largest absolute Gasteiger partial charge is 0.551 e. The zero-order valence-corrected chi connectivity index (χ0v) is 31.3. The third kappa shape index (κ3) is 6.19. The molecule has 0 aliphatic carbocycles. The normalized spacial score (nSPS) is 15.7. The van der Waals surface area contributed by atoms with Crippen molar-refractivity contribution in [3.63, 3.8) is 0 Å². The van der Waals surface area contributed by atoms with E-state index in [4.69, 9.17) is 8.85 Å². The van der Waals surface area contributed by atoms with Gasteiger partial charge in [0.1, 0.15) is 5.76 Å². The van der Waals surface area contributed by atoms with Gasteiger partial charge in [-0.25, -0.2) is 0 Å². The smallest absolute Gasteiger partial charge is 0.226 e. The SMILES string of the molecule is C[SiH2]C(O[Si](C)(C)[Si](C)(C)[Si](C)(C)C)=C(O[Si](C)(C)[Si](C)(C)[Si](C)(C)C)c1ccccc1. The van der Waals surface area contributed by atoms with E-state index in [1.54, 1.807) is 0 Å². The van der Waals surface area contributed by atoms with Crippen LogP contribution in [0.3, 0.4) is 0 Å². The van der Waals surface area contributed by atoms with Gasteiger partial charge in [-0.1, -0.05) is 102 Å². The van der Waals surface area contributed by atoms with Crippen molar-refractivity contribution < 1.29 is 8.85 Å². The highest BCUT2D eigenvalue weighted by Gasteiger charge is 2.55. The van der Waals surface area contributed by atoms with Gasteiger partial charge in [0.15, 0.2) is 0 Å². The Morgan fingerprint density at radius 3 is 1.31 bits per heavy atom. The second kappa shape index (κ2) is 9.98. The van der Waals surface area contributed by atoms with Crippen molar-refractivity contribution in [2.45, 2.75) is 98.2 Å². The minimum atomic E-state index is -1.93. The third-order valence-electron chi connectivity index (χ3n) is 9.11. The van der Waals surface area contributed by atoms with E-state index in [0.717, 1.165) is 5.76 Å². The zero-order valence-electron chi connectivity index (χ0n) is 23.9. The van der Waals surface area contributed by atoms with Gasteiger partial charge in [-0.05, 0) is 26.2 Å². The number of benzene rings is 1. The van der Waals surface area contributed by atoms with E-state index in [1.165, 1.54) is 10.9 Å². The second-order valence-corrected chi connectivity index (χ2v) is 71.0. The van der Waals surface area contributed by atoms with Gasteiger partial charge in [-0.15, -0.1) is 0 Å². The Labute approximate surface area is 207 Å². The summed E-state index contributed by atoms with van der Waals surface area (Å²) in [5.74, 6) is 1.11. The van der Waals surface area contributed by atoms with Crippen LogP contribution in [0.15, 0.2) is 35.7 Å². The van der Waals surface area contributed by atoms with Crippen molar-refractivity contribution in [2.75, 3.05) is 0 Å². The highest BCUT2D eigenvalue weighted by atomic mass is 29.7. The highest BCUT2D eigenvalue weighted by Crippen LogP contribution is 2.37. The molecular weight excluding hydrogens is 505 g/mol. The molecule has 1 rings (SSSR count). The average Bonchev–Trinajstić information content (AvgIpc) is 2.63. The molecule has 0 fully saturated rings. The molecule has 2 nitrogen and oxygen atoms in total. The van der Waals surface area contributed by atoms with Crippen molar-refractivity contribution in [1.82, 2.24) is 0 Å². The molecule has 0 radical (unpaired) electrons. The summed E-state index contributed by atoms with van der Waals surface area (Å²) >= 11 is 0. The van der Waals surface area contributed by atoms with Gasteiger partial charge >= 0.3 is 0 Å². The maximum absolute atomic E-state index is 7.29. The Morgan fingerprint density at radius 1 is 0.594 bits per heavy atom. The van der Waals surface area contributed by atoms with Crippen LogP contribution in [-0.2, 0) is 8.85 Å². The van der Waals surface area contributed by atoms with Crippen LogP contribution >= 0.6 is 0 Å². The van der Waals surface area contributed by atoms with E-state index in [9.17, 15) is 0 Å². The van der Waals surface area contributed by atoms with Gasteiger partial charge in [0.25, 0.3) is 0 Å². The van der Waals surface area contributed by atoms with Crippen LogP contribution in [0, 0.1) is 0 Å². The lowest BCUT2D eigenvalue weighted by molar-refractivity contribution is 0.432. The fraction of sp³-hybridized carbons (Fsp3) is 0.652. The molecule has 0 heterocycles. The van der Waals surface area contributed by atoms with Crippen molar-refractivity contribution in [3.8, 4) is 0 Å². The summed E-state index contributed by atoms with van der Waals surface area (Å²) in [6, 6.07) is 10.9. The lowest BCUT2D eigenvalue weighted by Gasteiger charge is -2.48. The fourth-order valence-corrected chi connectivity index (χ4v) is 58.7. The predicted octanol–water partition coefficient (Wildman–Crippen LogP) is 7.38. The van der Waals surface area contributed by atoms with Crippen LogP contribution in [0.25, 0.3) is 5.76 Å². The monoisotopic (exact) mass is 556 g/mol. The summed E-state index contributed by atoms with van der Waals surface area (Å²) in [7, 11) is -9.87. The van der Waals surface area contributed by atoms with Gasteiger partial charge in [0, 0.05) is 20.7 Å². The Kier molecular flexibility index (Phi) is 9.39. The summed E-state index contributed by atoms with van der Waals surface area (Å²) in [6.07, 6.45) is 0. The maximum atomic E-state index is 7.29. The Hall–Kier alpha value is 0.0782. The summed E-state index contributed by atoms with van der Waals surface area (Å²) < 4.78 is 14.5. The molecule has 0 unspecified atom stereocenters. The standard InChI is InChI=1S/C23H52O2Si7/c1-26-23(25-30(10,11)32(14,15)28(5,6)7)22(21-19-17-16-18-20-21)24-29(8,9)31(12,13)27(2,3)4/h16-20H,26H2,1-15H3. The van der Waals surface area contributed by atoms with Gasteiger partial charge in [0.05, 0.1) is 29.1 Å². The molecule has 0 N–H and O–H groups in total. The van der Waals surface area contributed by atoms with Crippen LogP contribution < -0.4 is 0 Å². The molecular formula is C23H52O2Si7. The fourth-order valence-electron chi connectivity index (χ4n) is 3.77. The Bertz CT molecular complexity index is 802. The molecule has 0 saturated carbocycles. The van der Waals surface area contributed by atoms with E-state index in [2.05, 4.69) is 129 Å². The number of hydrogen-bond acceptors (Lipinski definition) is 2. The average molecular weight is 557 g/mol. The highest BCUT2D eigenvalue weighted by molar-refractivity contribution is 7.67. The topological polar surface area (TPSA) is 18.5 Å². The summed E-state index contributed by atoms with van der Waals surface area (Å²) in [5.41, 5.74) is 1.22. The minimum absolute atomic E-state index is 0.538. The first-order valence-electron chi connectivity index (χ1n) is 12.3. The van der Waals surface area contributed by atoms with Gasteiger partial charge < -0.3 is 8.85 Å². The molecule has 0 spiro atoms. The molecule has 1 aromatic rings. The molecule has 0 atom stereocenters. The first kappa shape index (κ1) is 30.1. The summed E-state index contributed by atoms with van der Waals surface area (Å²) in [5, 5.41) is 1.24. The van der Waals surface area contributed by atoms with Crippen LogP contribution in [0.2, 0.25) is 98.2 Å². The molecule has 0 aliphatic heterocycles. The minimum Gasteiger partial charge on any atom is -0.551 e. The number of hydrogen-bond donors (Lipinski definition) is 0. The predicted molar refractivity (Wildman–Crippen MR) is 167 cm³/mol. The first-order chi connectivity index (χ1) is 14.1. The van der Waals surface area contributed by atoms with Gasteiger partial charge in [-0.2, -0.15) is 0 Å². The van der Waals surface area contributed by atoms with Crippen LogP contribution in [0.1, 0.15) is 5.56 Å². The molecule has 9 heteroatoms. The summed E-state index contributed by atoms with van der Waals surface area (Å²) in [6.45, 7) is 38.0. The summed E-state index contributed by atoms with van der Waals surface area (Å²) in [4.78, 5) is 0. The quantitative estimate of drug-likeness (QED) is 0.221. The first-order valence-corrected chi connectivity index (χ1v) is 37.2. The van der Waals surface area contributed by atoms with Gasteiger partial charge in [-0.3, -0.25) is 0 Å². The van der Waals surface area contributed by atoms with E-state index in [1.807, 2.05) is 0 Å². The van der Waals surface area contributed by atoms with Gasteiger partial charge in [0.2, 0.25) is 15.7 Å². The molecule has 0 aliphatic rings. The van der Waals surface area contributed by atoms with E-state index in [-0.39, 0.29) is 0 Å². The molecule has 0 aromatic heterocycles. The van der Waals surface area contributed by atoms with Crippen molar-refractivity contribution in [1.29, 1.82) is 0 Å². The molecule has 32 heavy (non-hydrogen) atoms. The van der Waals surface area contributed by atoms with E-state index < -0.39 is 54.6 Å². The van der Waals surface area contributed by atoms with Crippen LogP contribution in [0.5, 0.6) is 0 Å². The number of rotatable bonds is 10.